The van der Waals surface area contributed by atoms with Crippen LogP contribution in [0.25, 0.3) is 0 Å². The van der Waals surface area contributed by atoms with Crippen LogP contribution in [0, 0.1) is 10.1 Å². The Kier molecular flexibility index (Phi) is 4.43. The molecule has 3 rings (SSSR count). The second-order valence-corrected chi connectivity index (χ2v) is 7.41. The Hall–Kier alpha value is -3.27. The van der Waals surface area contributed by atoms with Crippen LogP contribution in [0.5, 0.6) is 0 Å². The second-order valence-electron chi connectivity index (χ2n) is 5.58. The molecule has 0 radical (unpaired) electrons. The number of nitro benzene ring substituents is 1. The highest BCUT2D eigenvalue weighted by Crippen LogP contribution is 2.29. The van der Waals surface area contributed by atoms with Crippen LogP contribution in [0.15, 0.2) is 58.5 Å². The number of anilines is 1. The molecular weight excluding hydrogens is 360 g/mol. The van der Waals surface area contributed by atoms with Crippen LogP contribution in [-0.4, -0.2) is 35.8 Å². The topological polar surface area (TPSA) is 122 Å². The number of nitro groups is 1. The van der Waals surface area contributed by atoms with E-state index in [4.69, 9.17) is 0 Å². The molecule has 1 N–H and O–H groups in total. The third-order valence-corrected chi connectivity index (χ3v) is 5.50. The van der Waals surface area contributed by atoms with E-state index in [-0.39, 0.29) is 22.7 Å². The zero-order valence-electron chi connectivity index (χ0n) is 13.6. The molecule has 1 amide bonds. The van der Waals surface area contributed by atoms with Crippen LogP contribution in [0.3, 0.4) is 0 Å². The number of rotatable bonds is 5. The van der Waals surface area contributed by atoms with Gasteiger partial charge in [-0.25, -0.2) is 12.7 Å². The number of fused-ring (bicyclic) bond motifs is 1. The van der Waals surface area contributed by atoms with Crippen molar-refractivity contribution in [2.45, 2.75) is 11.8 Å². The first-order valence-corrected chi connectivity index (χ1v) is 8.94. The van der Waals surface area contributed by atoms with Gasteiger partial charge in [0.25, 0.3) is 21.6 Å². The Labute approximate surface area is 149 Å². The van der Waals surface area contributed by atoms with E-state index in [1.165, 1.54) is 30.3 Å². The first-order chi connectivity index (χ1) is 12.3. The van der Waals surface area contributed by atoms with E-state index >= 15 is 0 Å². The number of hydrazone groups is 1. The van der Waals surface area contributed by atoms with Gasteiger partial charge >= 0.3 is 0 Å². The number of hydrogen-bond donors (Lipinski definition) is 1. The molecule has 1 aliphatic rings. The molecule has 1 heterocycles. The summed E-state index contributed by atoms with van der Waals surface area (Å²) < 4.78 is 25.7. The summed E-state index contributed by atoms with van der Waals surface area (Å²) in [6.45, 7) is 1.33. The highest BCUT2D eigenvalue weighted by molar-refractivity contribution is 7.90. The molecule has 2 aromatic carbocycles. The standard InChI is InChI=1S/C16H14N4O5S/c1-11(17-18-12-5-4-6-13(9-12)20(22)23)10-19-16(21)14-7-2-3-8-15(14)26(19,24)25/h2-9,18H,10H2,1H3/b17-11-. The van der Waals surface area contributed by atoms with Gasteiger partial charge in [-0.3, -0.25) is 20.3 Å². The predicted octanol–water partition coefficient (Wildman–Crippen LogP) is 2.23. The minimum absolute atomic E-state index is 0.0237. The highest BCUT2D eigenvalue weighted by atomic mass is 32.2. The number of nitrogens with zero attached hydrogens (tertiary/aromatic N) is 3. The smallest absolute Gasteiger partial charge is 0.271 e. The van der Waals surface area contributed by atoms with Crippen molar-refractivity contribution in [3.63, 3.8) is 0 Å². The molecule has 26 heavy (non-hydrogen) atoms. The molecule has 9 nitrogen and oxygen atoms in total. The van der Waals surface area contributed by atoms with Crippen molar-refractivity contribution >= 4 is 33.0 Å². The zero-order chi connectivity index (χ0) is 18.9. The average molecular weight is 374 g/mol. The fourth-order valence-corrected chi connectivity index (χ4v) is 4.07. The van der Waals surface area contributed by atoms with E-state index in [1.54, 1.807) is 25.1 Å². The Balaban J connectivity index is 1.77. The highest BCUT2D eigenvalue weighted by Gasteiger charge is 2.40. The molecule has 2 aromatic rings. The Morgan fingerprint density at radius 3 is 2.65 bits per heavy atom. The van der Waals surface area contributed by atoms with Gasteiger partial charge in [-0.05, 0) is 25.1 Å². The largest absolute Gasteiger partial charge is 0.278 e. The first-order valence-electron chi connectivity index (χ1n) is 7.50. The van der Waals surface area contributed by atoms with Gasteiger partial charge in [-0.2, -0.15) is 5.10 Å². The van der Waals surface area contributed by atoms with Gasteiger partial charge in [0.1, 0.15) is 4.90 Å². The lowest BCUT2D eigenvalue weighted by molar-refractivity contribution is -0.384. The van der Waals surface area contributed by atoms with Gasteiger partial charge < -0.3 is 0 Å². The molecule has 0 fully saturated rings. The van der Waals surface area contributed by atoms with Gasteiger partial charge in [0.05, 0.1) is 28.4 Å². The second kappa shape index (κ2) is 6.56. The van der Waals surface area contributed by atoms with Crippen molar-refractivity contribution in [2.75, 3.05) is 12.0 Å². The van der Waals surface area contributed by atoms with Gasteiger partial charge in [-0.1, -0.05) is 18.2 Å². The lowest BCUT2D eigenvalue weighted by Gasteiger charge is -2.14. The summed E-state index contributed by atoms with van der Waals surface area (Å²) in [6.07, 6.45) is 0. The lowest BCUT2D eigenvalue weighted by Crippen LogP contribution is -2.34. The van der Waals surface area contributed by atoms with Gasteiger partial charge in [-0.15, -0.1) is 0 Å². The summed E-state index contributed by atoms with van der Waals surface area (Å²) in [6, 6.07) is 11.7. The zero-order valence-corrected chi connectivity index (χ0v) is 14.4. The molecule has 0 aliphatic carbocycles. The molecule has 0 aromatic heterocycles. The van der Waals surface area contributed by atoms with Crippen molar-refractivity contribution in [1.82, 2.24) is 4.31 Å². The summed E-state index contributed by atoms with van der Waals surface area (Å²) in [7, 11) is -3.91. The van der Waals surface area contributed by atoms with Crippen molar-refractivity contribution in [2.24, 2.45) is 5.10 Å². The van der Waals surface area contributed by atoms with Crippen LogP contribution in [0.1, 0.15) is 17.3 Å². The number of carbonyl (C=O) groups is 1. The third-order valence-electron chi connectivity index (χ3n) is 3.72. The molecule has 0 bridgehead atoms. The third kappa shape index (κ3) is 3.14. The number of amides is 1. The monoisotopic (exact) mass is 374 g/mol. The summed E-state index contributed by atoms with van der Waals surface area (Å²) in [5.41, 5.74) is 3.35. The molecule has 0 saturated carbocycles. The van der Waals surface area contributed by atoms with Gasteiger partial charge in [0, 0.05) is 12.1 Å². The number of nitrogens with one attached hydrogen (secondary N) is 1. The normalized spacial score (nSPS) is 15.7. The van der Waals surface area contributed by atoms with Crippen LogP contribution >= 0.6 is 0 Å². The first kappa shape index (κ1) is 17.5. The number of hydrogen-bond acceptors (Lipinski definition) is 7. The van der Waals surface area contributed by atoms with E-state index in [0.717, 1.165) is 4.31 Å². The molecule has 1 aliphatic heterocycles. The fourth-order valence-electron chi connectivity index (χ4n) is 2.48. The van der Waals surface area contributed by atoms with Crippen LogP contribution < -0.4 is 5.43 Å². The van der Waals surface area contributed by atoms with Crippen LogP contribution in [-0.2, 0) is 10.0 Å². The van der Waals surface area contributed by atoms with Crippen molar-refractivity contribution in [1.29, 1.82) is 0 Å². The van der Waals surface area contributed by atoms with Gasteiger partial charge in [0.15, 0.2) is 0 Å². The Morgan fingerprint density at radius 2 is 1.96 bits per heavy atom. The molecule has 0 spiro atoms. The molecule has 134 valence electrons. The van der Waals surface area contributed by atoms with Gasteiger partial charge in [0.2, 0.25) is 0 Å². The Bertz CT molecular complexity index is 1030. The molecule has 0 saturated heterocycles. The van der Waals surface area contributed by atoms with E-state index in [1.807, 2.05) is 0 Å². The summed E-state index contributed by atoms with van der Waals surface area (Å²) in [5.74, 6) is -0.606. The fraction of sp³-hybridized carbons (Fsp3) is 0.125. The minimum Gasteiger partial charge on any atom is -0.278 e. The number of carbonyl (C=O) groups excluding carboxylic acids is 1. The lowest BCUT2D eigenvalue weighted by atomic mass is 10.2. The maximum atomic E-state index is 12.5. The maximum Gasteiger partial charge on any atom is 0.271 e. The number of sulfonamides is 1. The average Bonchev–Trinajstić information content (AvgIpc) is 2.81. The SMILES string of the molecule is C/C(CN1C(=O)c2ccccc2S1(=O)=O)=N/Nc1cccc([N+](=O)[O-])c1. The van der Waals surface area contributed by atoms with E-state index in [2.05, 4.69) is 10.5 Å². The quantitative estimate of drug-likeness (QED) is 0.486. The molecule has 0 unspecified atom stereocenters. The summed E-state index contributed by atoms with van der Waals surface area (Å²) in [4.78, 5) is 22.5. The molecule has 10 heteroatoms. The van der Waals surface area contributed by atoms with E-state index < -0.39 is 20.9 Å². The molecule has 0 atom stereocenters. The van der Waals surface area contributed by atoms with Crippen molar-refractivity contribution < 1.29 is 18.1 Å². The number of benzene rings is 2. The van der Waals surface area contributed by atoms with Crippen LogP contribution in [0.2, 0.25) is 0 Å². The van der Waals surface area contributed by atoms with E-state index in [0.29, 0.717) is 11.4 Å². The van der Waals surface area contributed by atoms with Crippen LogP contribution in [0.4, 0.5) is 11.4 Å². The summed E-state index contributed by atoms with van der Waals surface area (Å²) >= 11 is 0. The van der Waals surface area contributed by atoms with Crippen molar-refractivity contribution in [3.05, 3.63) is 64.2 Å². The van der Waals surface area contributed by atoms with E-state index in [9.17, 15) is 23.3 Å². The minimum atomic E-state index is -3.91. The number of non-ortho nitro benzene ring substituents is 1. The summed E-state index contributed by atoms with van der Waals surface area (Å²) in [5, 5.41) is 14.8. The predicted molar refractivity (Wildman–Crippen MR) is 94.5 cm³/mol. The maximum absolute atomic E-state index is 12.5. The molecular formula is C16H14N4O5S. The van der Waals surface area contributed by atoms with Crippen molar-refractivity contribution in [3.8, 4) is 0 Å². The Morgan fingerprint density at radius 1 is 1.23 bits per heavy atom.